The molecule has 0 aliphatic rings. The lowest BCUT2D eigenvalue weighted by molar-refractivity contribution is -0.116. The molecule has 1 aromatic heterocycles. The van der Waals surface area contributed by atoms with Gasteiger partial charge in [-0.2, -0.15) is 0 Å². The number of nitrogens with one attached hydrogen (secondary N) is 1. The SMILES string of the molecule is COc1ccc(NC(=O)CCCCn2c(=O)c3ccccc3n(CC(=O)c3ccc(F)cc3)c2=O)cc1. The van der Waals surface area contributed by atoms with E-state index in [-0.39, 0.29) is 36.8 Å². The van der Waals surface area contributed by atoms with Gasteiger partial charge >= 0.3 is 5.69 Å². The van der Waals surface area contributed by atoms with Crippen molar-refractivity contribution in [1.29, 1.82) is 0 Å². The van der Waals surface area contributed by atoms with Crippen LogP contribution in [0, 0.1) is 5.82 Å². The quantitative estimate of drug-likeness (QED) is 0.261. The Hall–Kier alpha value is -4.53. The van der Waals surface area contributed by atoms with Crippen LogP contribution in [0.5, 0.6) is 5.75 Å². The molecular weight excluding hydrogens is 477 g/mol. The number of unbranched alkanes of at least 4 members (excludes halogenated alkanes) is 1. The van der Waals surface area contributed by atoms with Crippen LogP contribution in [0.3, 0.4) is 0 Å². The van der Waals surface area contributed by atoms with Crippen LogP contribution in [0.25, 0.3) is 10.9 Å². The summed E-state index contributed by atoms with van der Waals surface area (Å²) in [5.74, 6) is -0.347. The fourth-order valence-corrected chi connectivity index (χ4v) is 4.04. The van der Waals surface area contributed by atoms with E-state index in [2.05, 4.69) is 5.32 Å². The summed E-state index contributed by atoms with van der Waals surface area (Å²) in [5.41, 5.74) is 0.196. The Kier molecular flexibility index (Phi) is 7.92. The first-order valence-corrected chi connectivity index (χ1v) is 11.8. The molecule has 0 bridgehead atoms. The van der Waals surface area contributed by atoms with Crippen molar-refractivity contribution in [1.82, 2.24) is 9.13 Å². The number of benzene rings is 3. The van der Waals surface area contributed by atoms with E-state index in [1.165, 1.54) is 28.8 Å². The van der Waals surface area contributed by atoms with Gasteiger partial charge in [-0.3, -0.25) is 23.5 Å². The highest BCUT2D eigenvalue weighted by atomic mass is 19.1. The minimum atomic E-state index is -0.609. The molecule has 8 nitrogen and oxygen atoms in total. The number of fused-ring (bicyclic) bond motifs is 1. The Morgan fingerprint density at radius 3 is 2.30 bits per heavy atom. The minimum Gasteiger partial charge on any atom is -0.497 e. The monoisotopic (exact) mass is 503 g/mol. The number of hydrogen-bond acceptors (Lipinski definition) is 5. The van der Waals surface area contributed by atoms with Crippen molar-refractivity contribution >= 4 is 28.3 Å². The summed E-state index contributed by atoms with van der Waals surface area (Å²) in [6, 6.07) is 18.6. The number of carbonyl (C=O) groups is 2. The Morgan fingerprint density at radius 1 is 0.892 bits per heavy atom. The molecular formula is C28H26FN3O5. The summed E-state index contributed by atoms with van der Waals surface area (Å²) in [6.07, 6.45) is 1.08. The molecule has 190 valence electrons. The molecule has 0 saturated heterocycles. The number of anilines is 1. The Bertz CT molecular complexity index is 1540. The van der Waals surface area contributed by atoms with E-state index in [1.54, 1.807) is 55.6 Å². The van der Waals surface area contributed by atoms with Crippen molar-refractivity contribution < 1.29 is 18.7 Å². The number of hydrogen-bond donors (Lipinski definition) is 1. The summed E-state index contributed by atoms with van der Waals surface area (Å²) in [7, 11) is 1.56. The van der Waals surface area contributed by atoms with Crippen molar-refractivity contribution in [2.24, 2.45) is 0 Å². The molecule has 0 unspecified atom stereocenters. The number of methoxy groups -OCH3 is 1. The predicted molar refractivity (Wildman–Crippen MR) is 139 cm³/mol. The molecule has 1 heterocycles. The third-order valence-corrected chi connectivity index (χ3v) is 6.01. The lowest BCUT2D eigenvalue weighted by Crippen LogP contribution is -2.41. The molecule has 1 amide bonds. The molecule has 9 heteroatoms. The second-order valence-electron chi connectivity index (χ2n) is 8.51. The number of ether oxygens (including phenoxy) is 1. The maximum atomic E-state index is 13.3. The van der Waals surface area contributed by atoms with E-state index >= 15 is 0 Å². The van der Waals surface area contributed by atoms with Gasteiger partial charge < -0.3 is 10.1 Å². The van der Waals surface area contributed by atoms with Crippen LogP contribution in [-0.2, 0) is 17.9 Å². The van der Waals surface area contributed by atoms with Crippen LogP contribution in [0.15, 0.2) is 82.4 Å². The lowest BCUT2D eigenvalue weighted by Gasteiger charge is -2.14. The molecule has 1 N–H and O–H groups in total. The third-order valence-electron chi connectivity index (χ3n) is 6.01. The van der Waals surface area contributed by atoms with E-state index in [0.29, 0.717) is 35.2 Å². The molecule has 0 aliphatic carbocycles. The average Bonchev–Trinajstić information content (AvgIpc) is 2.91. The number of aromatic nitrogens is 2. The first-order chi connectivity index (χ1) is 17.9. The van der Waals surface area contributed by atoms with E-state index in [9.17, 15) is 23.6 Å². The number of rotatable bonds is 10. The topological polar surface area (TPSA) is 99.4 Å². The van der Waals surface area contributed by atoms with Crippen molar-refractivity contribution in [2.75, 3.05) is 12.4 Å². The molecule has 0 fully saturated rings. The zero-order valence-corrected chi connectivity index (χ0v) is 20.3. The van der Waals surface area contributed by atoms with Crippen LogP contribution in [0.2, 0.25) is 0 Å². The average molecular weight is 504 g/mol. The van der Waals surface area contributed by atoms with E-state index < -0.39 is 17.1 Å². The standard InChI is InChI=1S/C28H26FN3O5/c1-37-22-15-13-21(14-16-22)30-26(34)8-4-5-17-31-27(35)23-6-2-3-7-24(23)32(28(31)36)18-25(33)19-9-11-20(29)12-10-19/h2-3,6-7,9-16H,4-5,8,17-18H2,1H3,(H,30,34). The number of para-hydroxylation sites is 1. The molecule has 0 spiro atoms. The Morgan fingerprint density at radius 2 is 1.59 bits per heavy atom. The number of carbonyl (C=O) groups excluding carboxylic acids is 2. The highest BCUT2D eigenvalue weighted by molar-refractivity contribution is 5.96. The first kappa shape index (κ1) is 25.6. The van der Waals surface area contributed by atoms with Crippen molar-refractivity contribution in [3.63, 3.8) is 0 Å². The molecule has 0 radical (unpaired) electrons. The van der Waals surface area contributed by atoms with Gasteiger partial charge in [-0.25, -0.2) is 9.18 Å². The molecule has 0 saturated carbocycles. The third kappa shape index (κ3) is 6.00. The lowest BCUT2D eigenvalue weighted by atomic mass is 10.1. The number of Topliss-reactive ketones (excluding diaryl/α,β-unsaturated/α-hetero) is 1. The summed E-state index contributed by atoms with van der Waals surface area (Å²) >= 11 is 0. The fraction of sp³-hybridized carbons (Fsp3) is 0.214. The van der Waals surface area contributed by atoms with Crippen LogP contribution >= 0.6 is 0 Å². The summed E-state index contributed by atoms with van der Waals surface area (Å²) < 4.78 is 20.7. The van der Waals surface area contributed by atoms with E-state index in [4.69, 9.17) is 4.74 Å². The summed E-state index contributed by atoms with van der Waals surface area (Å²) in [6.45, 7) is -0.196. The first-order valence-electron chi connectivity index (χ1n) is 11.8. The normalized spacial score (nSPS) is 10.9. The van der Waals surface area contributed by atoms with Crippen LogP contribution in [0.4, 0.5) is 10.1 Å². The maximum Gasteiger partial charge on any atom is 0.331 e. The molecule has 0 atom stereocenters. The zero-order valence-electron chi connectivity index (χ0n) is 20.3. The van der Waals surface area contributed by atoms with Gasteiger partial charge in [0.15, 0.2) is 5.78 Å². The molecule has 3 aromatic carbocycles. The molecule has 0 aliphatic heterocycles. The smallest absolute Gasteiger partial charge is 0.331 e. The van der Waals surface area contributed by atoms with Gasteiger partial charge in [-0.05, 0) is 73.5 Å². The fourth-order valence-electron chi connectivity index (χ4n) is 4.04. The zero-order chi connectivity index (χ0) is 26.4. The van der Waals surface area contributed by atoms with E-state index in [1.807, 2.05) is 0 Å². The van der Waals surface area contributed by atoms with Gasteiger partial charge in [0, 0.05) is 24.2 Å². The number of ketones is 1. The molecule has 4 rings (SSSR count). The highest BCUT2D eigenvalue weighted by Gasteiger charge is 2.16. The maximum absolute atomic E-state index is 13.3. The summed E-state index contributed by atoms with van der Waals surface area (Å²) in [4.78, 5) is 51.4. The second-order valence-corrected chi connectivity index (χ2v) is 8.51. The molecule has 4 aromatic rings. The summed E-state index contributed by atoms with van der Waals surface area (Å²) in [5, 5.41) is 3.11. The van der Waals surface area contributed by atoms with Gasteiger partial charge in [0.25, 0.3) is 5.56 Å². The van der Waals surface area contributed by atoms with Gasteiger partial charge in [-0.15, -0.1) is 0 Å². The second kappa shape index (κ2) is 11.5. The van der Waals surface area contributed by atoms with Crippen molar-refractivity contribution in [2.45, 2.75) is 32.4 Å². The van der Waals surface area contributed by atoms with Gasteiger partial charge in [0.2, 0.25) is 5.91 Å². The van der Waals surface area contributed by atoms with Gasteiger partial charge in [0.05, 0.1) is 24.6 Å². The highest BCUT2D eigenvalue weighted by Crippen LogP contribution is 2.15. The van der Waals surface area contributed by atoms with Crippen LogP contribution in [0.1, 0.15) is 29.6 Å². The molecule has 37 heavy (non-hydrogen) atoms. The van der Waals surface area contributed by atoms with Crippen molar-refractivity contribution in [3.8, 4) is 5.75 Å². The Labute approximate surface area is 211 Å². The minimum absolute atomic E-state index is 0.100. The van der Waals surface area contributed by atoms with Crippen molar-refractivity contribution in [3.05, 3.63) is 105 Å². The van der Waals surface area contributed by atoms with Crippen LogP contribution in [-0.4, -0.2) is 27.9 Å². The number of amides is 1. The number of halogens is 1. The number of nitrogens with zero attached hydrogens (tertiary/aromatic N) is 2. The van der Waals surface area contributed by atoms with Gasteiger partial charge in [0.1, 0.15) is 11.6 Å². The largest absolute Gasteiger partial charge is 0.497 e. The Balaban J connectivity index is 1.47. The van der Waals surface area contributed by atoms with Crippen LogP contribution < -0.4 is 21.3 Å². The van der Waals surface area contributed by atoms with Gasteiger partial charge in [-0.1, -0.05) is 12.1 Å². The van der Waals surface area contributed by atoms with E-state index in [0.717, 1.165) is 4.57 Å². The predicted octanol–water partition coefficient (Wildman–Crippen LogP) is 4.00.